The summed E-state index contributed by atoms with van der Waals surface area (Å²) in [6, 6.07) is 9.65. The van der Waals surface area contributed by atoms with Crippen LogP contribution in [0.4, 0.5) is 10.5 Å². The first-order chi connectivity index (χ1) is 8.24. The SMILES string of the molecule is CN1CCCC(NC(=O)Nc2ccccc2)C1. The Morgan fingerprint density at radius 1 is 1.35 bits per heavy atom. The molecule has 1 aromatic rings. The van der Waals surface area contributed by atoms with Crippen LogP contribution in [-0.4, -0.2) is 37.1 Å². The second-order valence-electron chi connectivity index (χ2n) is 4.57. The van der Waals surface area contributed by atoms with Gasteiger partial charge in [-0.25, -0.2) is 4.79 Å². The Labute approximate surface area is 102 Å². The summed E-state index contributed by atoms with van der Waals surface area (Å²) in [6.45, 7) is 2.06. The van der Waals surface area contributed by atoms with Gasteiger partial charge < -0.3 is 15.5 Å². The number of urea groups is 1. The van der Waals surface area contributed by atoms with Crippen LogP contribution in [0.25, 0.3) is 0 Å². The lowest BCUT2D eigenvalue weighted by Gasteiger charge is -2.30. The van der Waals surface area contributed by atoms with Gasteiger partial charge in [0.1, 0.15) is 0 Å². The molecule has 1 unspecified atom stereocenters. The molecule has 1 atom stereocenters. The first-order valence-electron chi connectivity index (χ1n) is 6.05. The van der Waals surface area contributed by atoms with Gasteiger partial charge in [-0.1, -0.05) is 18.2 Å². The molecule has 17 heavy (non-hydrogen) atoms. The molecule has 0 bridgehead atoms. The van der Waals surface area contributed by atoms with Gasteiger partial charge in [-0.15, -0.1) is 0 Å². The van der Waals surface area contributed by atoms with E-state index in [2.05, 4.69) is 22.6 Å². The van der Waals surface area contributed by atoms with Crippen LogP contribution in [0.2, 0.25) is 0 Å². The number of carbonyl (C=O) groups excluding carboxylic acids is 1. The number of piperidine rings is 1. The lowest BCUT2D eigenvalue weighted by molar-refractivity contribution is 0.216. The summed E-state index contributed by atoms with van der Waals surface area (Å²) in [7, 11) is 2.09. The molecule has 92 valence electrons. The Balaban J connectivity index is 1.81. The minimum atomic E-state index is -0.114. The zero-order valence-electron chi connectivity index (χ0n) is 10.1. The van der Waals surface area contributed by atoms with Crippen LogP contribution >= 0.6 is 0 Å². The van der Waals surface area contributed by atoms with Crippen molar-refractivity contribution in [3.8, 4) is 0 Å². The molecular weight excluding hydrogens is 214 g/mol. The van der Waals surface area contributed by atoms with Crippen molar-refractivity contribution in [3.05, 3.63) is 30.3 Å². The van der Waals surface area contributed by atoms with Gasteiger partial charge in [0.25, 0.3) is 0 Å². The van der Waals surface area contributed by atoms with Crippen molar-refractivity contribution in [3.63, 3.8) is 0 Å². The molecule has 4 nitrogen and oxygen atoms in total. The fourth-order valence-electron chi connectivity index (χ4n) is 2.16. The highest BCUT2D eigenvalue weighted by Gasteiger charge is 2.18. The Hall–Kier alpha value is -1.55. The fourth-order valence-corrected chi connectivity index (χ4v) is 2.16. The smallest absolute Gasteiger partial charge is 0.319 e. The third kappa shape index (κ3) is 3.75. The van der Waals surface area contributed by atoms with Crippen LogP contribution in [0.3, 0.4) is 0 Å². The summed E-state index contributed by atoms with van der Waals surface area (Å²) in [4.78, 5) is 14.0. The van der Waals surface area contributed by atoms with Crippen molar-refractivity contribution in [1.29, 1.82) is 0 Å². The average molecular weight is 233 g/mol. The van der Waals surface area contributed by atoms with E-state index in [1.165, 1.54) is 0 Å². The molecule has 1 aromatic carbocycles. The molecule has 0 radical (unpaired) electrons. The Morgan fingerprint density at radius 3 is 2.82 bits per heavy atom. The molecule has 1 fully saturated rings. The molecule has 2 amide bonds. The molecule has 0 aliphatic carbocycles. The maximum Gasteiger partial charge on any atom is 0.319 e. The third-order valence-corrected chi connectivity index (χ3v) is 2.99. The highest BCUT2D eigenvalue weighted by Crippen LogP contribution is 2.09. The normalized spacial score (nSPS) is 20.9. The molecule has 1 aliphatic heterocycles. The number of benzene rings is 1. The standard InChI is InChI=1S/C13H19N3O/c1-16-9-5-8-12(10-16)15-13(17)14-11-6-3-2-4-7-11/h2-4,6-7,12H,5,8-10H2,1H3,(H2,14,15,17). The van der Waals surface area contributed by atoms with Gasteiger partial charge in [0.15, 0.2) is 0 Å². The number of para-hydroxylation sites is 1. The minimum absolute atomic E-state index is 0.114. The number of amides is 2. The molecular formula is C13H19N3O. The van der Waals surface area contributed by atoms with Crippen molar-refractivity contribution < 1.29 is 4.79 Å². The second-order valence-corrected chi connectivity index (χ2v) is 4.57. The fraction of sp³-hybridized carbons (Fsp3) is 0.462. The van der Waals surface area contributed by atoms with Crippen molar-refractivity contribution >= 4 is 11.7 Å². The number of rotatable bonds is 2. The van der Waals surface area contributed by atoms with Crippen LogP contribution in [0.15, 0.2) is 30.3 Å². The largest absolute Gasteiger partial charge is 0.334 e. The van der Waals surface area contributed by atoms with E-state index in [1.54, 1.807) is 0 Å². The highest BCUT2D eigenvalue weighted by molar-refractivity contribution is 5.89. The second kappa shape index (κ2) is 5.68. The Bertz CT molecular complexity index is 366. The van der Waals surface area contributed by atoms with Gasteiger partial charge in [-0.3, -0.25) is 0 Å². The molecule has 1 saturated heterocycles. The van der Waals surface area contributed by atoms with Gasteiger partial charge in [0.05, 0.1) is 0 Å². The first-order valence-corrected chi connectivity index (χ1v) is 6.05. The summed E-state index contributed by atoms with van der Waals surface area (Å²) < 4.78 is 0. The van der Waals surface area contributed by atoms with E-state index >= 15 is 0 Å². The van der Waals surface area contributed by atoms with Gasteiger partial charge in [0.2, 0.25) is 0 Å². The predicted octanol–water partition coefficient (Wildman–Crippen LogP) is 1.90. The van der Waals surface area contributed by atoms with Crippen LogP contribution < -0.4 is 10.6 Å². The van der Waals surface area contributed by atoms with E-state index in [-0.39, 0.29) is 12.1 Å². The molecule has 0 aromatic heterocycles. The number of anilines is 1. The molecule has 0 spiro atoms. The Kier molecular flexibility index (Phi) is 3.98. The van der Waals surface area contributed by atoms with Crippen LogP contribution in [0, 0.1) is 0 Å². The zero-order chi connectivity index (χ0) is 12.1. The van der Waals surface area contributed by atoms with Crippen molar-refractivity contribution in [2.24, 2.45) is 0 Å². The van der Waals surface area contributed by atoms with Crippen LogP contribution in [-0.2, 0) is 0 Å². The number of likely N-dealkylation sites (N-methyl/N-ethyl adjacent to an activating group) is 1. The summed E-state index contributed by atoms with van der Waals surface area (Å²) in [5.41, 5.74) is 0.828. The number of nitrogens with one attached hydrogen (secondary N) is 2. The minimum Gasteiger partial charge on any atom is -0.334 e. The topological polar surface area (TPSA) is 44.4 Å². The summed E-state index contributed by atoms with van der Waals surface area (Å²) in [5, 5.41) is 5.84. The van der Waals surface area contributed by atoms with Crippen molar-refractivity contribution in [2.75, 3.05) is 25.5 Å². The Morgan fingerprint density at radius 2 is 2.12 bits per heavy atom. The maximum absolute atomic E-state index is 11.7. The lowest BCUT2D eigenvalue weighted by atomic mass is 10.1. The molecule has 1 heterocycles. The number of carbonyl (C=O) groups is 1. The van der Waals surface area contributed by atoms with Crippen LogP contribution in [0.5, 0.6) is 0 Å². The van der Waals surface area contributed by atoms with Crippen molar-refractivity contribution in [2.45, 2.75) is 18.9 Å². The quantitative estimate of drug-likeness (QED) is 0.819. The molecule has 0 saturated carbocycles. The molecule has 2 N–H and O–H groups in total. The van der Waals surface area contributed by atoms with E-state index in [0.717, 1.165) is 31.6 Å². The monoisotopic (exact) mass is 233 g/mol. The first kappa shape index (κ1) is 11.9. The van der Waals surface area contributed by atoms with Gasteiger partial charge >= 0.3 is 6.03 Å². The number of hydrogen-bond donors (Lipinski definition) is 2. The van der Waals surface area contributed by atoms with E-state index in [4.69, 9.17) is 0 Å². The summed E-state index contributed by atoms with van der Waals surface area (Å²) in [6.07, 6.45) is 2.21. The van der Waals surface area contributed by atoms with E-state index in [0.29, 0.717) is 0 Å². The van der Waals surface area contributed by atoms with Crippen LogP contribution in [0.1, 0.15) is 12.8 Å². The maximum atomic E-state index is 11.7. The van der Waals surface area contributed by atoms with E-state index in [9.17, 15) is 4.79 Å². The zero-order valence-corrected chi connectivity index (χ0v) is 10.1. The summed E-state index contributed by atoms with van der Waals surface area (Å²) >= 11 is 0. The number of nitrogens with zero attached hydrogens (tertiary/aromatic N) is 1. The van der Waals surface area contributed by atoms with Gasteiger partial charge in [-0.05, 0) is 38.6 Å². The lowest BCUT2D eigenvalue weighted by Crippen LogP contribution is -2.47. The third-order valence-electron chi connectivity index (χ3n) is 2.99. The van der Waals surface area contributed by atoms with E-state index < -0.39 is 0 Å². The van der Waals surface area contributed by atoms with Gasteiger partial charge in [-0.2, -0.15) is 0 Å². The van der Waals surface area contributed by atoms with Crippen molar-refractivity contribution in [1.82, 2.24) is 10.2 Å². The number of likely N-dealkylation sites (tertiary alicyclic amines) is 1. The molecule has 4 heteroatoms. The number of hydrogen-bond acceptors (Lipinski definition) is 2. The van der Waals surface area contributed by atoms with E-state index in [1.807, 2.05) is 30.3 Å². The van der Waals surface area contributed by atoms with Gasteiger partial charge in [0, 0.05) is 18.3 Å². The summed E-state index contributed by atoms with van der Waals surface area (Å²) in [5.74, 6) is 0. The highest BCUT2D eigenvalue weighted by atomic mass is 16.2. The molecule has 2 rings (SSSR count). The molecule has 1 aliphatic rings. The predicted molar refractivity (Wildman–Crippen MR) is 69.1 cm³/mol. The average Bonchev–Trinajstić information content (AvgIpc) is 2.30.